The summed E-state index contributed by atoms with van der Waals surface area (Å²) in [6, 6.07) is 15.8. The molecule has 0 amide bonds. The minimum absolute atomic E-state index is 0.150. The van der Waals surface area contributed by atoms with Crippen molar-refractivity contribution < 1.29 is 19.4 Å². The van der Waals surface area contributed by atoms with Gasteiger partial charge in [0.05, 0.1) is 27.4 Å². The van der Waals surface area contributed by atoms with E-state index in [1.807, 2.05) is 24.4 Å². The second-order valence-corrected chi connectivity index (χ2v) is 8.90. The van der Waals surface area contributed by atoms with Crippen LogP contribution in [0.25, 0.3) is 33.0 Å². The van der Waals surface area contributed by atoms with Gasteiger partial charge in [-0.3, -0.25) is 0 Å². The van der Waals surface area contributed by atoms with Crippen molar-refractivity contribution in [3.05, 3.63) is 75.0 Å². The number of hydrogen-bond donors (Lipinski definition) is 1. The molecule has 4 aromatic rings. The van der Waals surface area contributed by atoms with Gasteiger partial charge in [-0.25, -0.2) is 9.78 Å². The van der Waals surface area contributed by atoms with Crippen LogP contribution in [-0.4, -0.2) is 22.9 Å². The molecule has 1 N–H and O–H groups in total. The highest BCUT2D eigenvalue weighted by Gasteiger charge is 2.17. The van der Waals surface area contributed by atoms with Crippen LogP contribution in [0.4, 0.5) is 4.79 Å². The standard InChI is InChI=1S/C24H16Cl3NO4S/c1-2-31-15-5-7-16(19(26)11-15)17-6-3-14(10-22(17)32-24(29)30)23-28-21(12-33-23)13-4-8-18(25)20(27)9-13/h3-12H,2H2,1H3,(H,29,30). The lowest BCUT2D eigenvalue weighted by Crippen LogP contribution is -2.04. The van der Waals surface area contributed by atoms with E-state index in [4.69, 9.17) is 44.3 Å². The number of hydrogen-bond acceptors (Lipinski definition) is 5. The van der Waals surface area contributed by atoms with Crippen LogP contribution in [0.1, 0.15) is 6.92 Å². The molecule has 0 radical (unpaired) electrons. The third-order valence-electron chi connectivity index (χ3n) is 4.69. The van der Waals surface area contributed by atoms with E-state index in [1.54, 1.807) is 42.5 Å². The highest BCUT2D eigenvalue weighted by Crippen LogP contribution is 2.40. The highest BCUT2D eigenvalue weighted by atomic mass is 35.5. The summed E-state index contributed by atoms with van der Waals surface area (Å²) in [5.41, 5.74) is 3.42. The van der Waals surface area contributed by atoms with Crippen molar-refractivity contribution in [1.82, 2.24) is 4.98 Å². The fraction of sp³-hybridized carbons (Fsp3) is 0.0833. The smallest absolute Gasteiger partial charge is 0.494 e. The summed E-state index contributed by atoms with van der Waals surface area (Å²) in [6.45, 7) is 2.39. The fourth-order valence-electron chi connectivity index (χ4n) is 3.22. The lowest BCUT2D eigenvalue weighted by molar-refractivity contribution is 0.144. The Hall–Kier alpha value is -2.77. The number of thiazole rings is 1. The van der Waals surface area contributed by atoms with E-state index < -0.39 is 6.16 Å². The van der Waals surface area contributed by atoms with Gasteiger partial charge in [0.1, 0.15) is 16.5 Å². The molecule has 0 aliphatic heterocycles. The zero-order valence-electron chi connectivity index (χ0n) is 17.1. The number of ether oxygens (including phenoxy) is 2. The zero-order chi connectivity index (χ0) is 23.5. The Bertz CT molecular complexity index is 1340. The van der Waals surface area contributed by atoms with E-state index in [-0.39, 0.29) is 5.75 Å². The van der Waals surface area contributed by atoms with Crippen LogP contribution in [0, 0.1) is 0 Å². The maximum atomic E-state index is 11.4. The molecule has 0 unspecified atom stereocenters. The van der Waals surface area contributed by atoms with Crippen LogP contribution in [0.15, 0.2) is 60.0 Å². The average molecular weight is 521 g/mol. The molecule has 0 spiro atoms. The molecule has 4 rings (SSSR count). The van der Waals surface area contributed by atoms with Gasteiger partial charge in [0.15, 0.2) is 0 Å². The predicted octanol–water partition coefficient (Wildman–Crippen LogP) is 8.56. The van der Waals surface area contributed by atoms with E-state index >= 15 is 0 Å². The number of carbonyl (C=O) groups is 1. The molecule has 0 aliphatic rings. The largest absolute Gasteiger partial charge is 0.511 e. The molecule has 1 heterocycles. The second-order valence-electron chi connectivity index (χ2n) is 6.82. The minimum Gasteiger partial charge on any atom is -0.494 e. The van der Waals surface area contributed by atoms with Gasteiger partial charge in [-0.2, -0.15) is 0 Å². The Morgan fingerprint density at radius 3 is 2.39 bits per heavy atom. The molecule has 3 aromatic carbocycles. The number of carboxylic acid groups (broad SMARTS) is 1. The topological polar surface area (TPSA) is 68.7 Å². The summed E-state index contributed by atoms with van der Waals surface area (Å²) < 4.78 is 10.6. The minimum atomic E-state index is -1.42. The van der Waals surface area contributed by atoms with E-state index in [2.05, 4.69) is 4.98 Å². The van der Waals surface area contributed by atoms with Crippen LogP contribution in [-0.2, 0) is 0 Å². The predicted molar refractivity (Wildman–Crippen MR) is 133 cm³/mol. The maximum Gasteiger partial charge on any atom is 0.511 e. The highest BCUT2D eigenvalue weighted by molar-refractivity contribution is 7.13. The number of aromatic nitrogens is 1. The molecule has 0 bridgehead atoms. The Balaban J connectivity index is 1.72. The molecule has 1 aromatic heterocycles. The summed E-state index contributed by atoms with van der Waals surface area (Å²) >= 11 is 20.0. The lowest BCUT2D eigenvalue weighted by atomic mass is 10.0. The van der Waals surface area contributed by atoms with Crippen molar-refractivity contribution >= 4 is 52.3 Å². The molecular formula is C24H16Cl3NO4S. The first-order valence-corrected chi connectivity index (χ1v) is 11.8. The van der Waals surface area contributed by atoms with Crippen LogP contribution in [0.3, 0.4) is 0 Å². The average Bonchev–Trinajstić information content (AvgIpc) is 3.26. The van der Waals surface area contributed by atoms with Gasteiger partial charge in [-0.1, -0.05) is 46.9 Å². The summed E-state index contributed by atoms with van der Waals surface area (Å²) in [4.78, 5) is 16.0. The molecule has 9 heteroatoms. The van der Waals surface area contributed by atoms with Gasteiger partial charge < -0.3 is 14.6 Å². The first kappa shape index (κ1) is 23.4. The van der Waals surface area contributed by atoms with Gasteiger partial charge >= 0.3 is 6.16 Å². The number of halogens is 3. The van der Waals surface area contributed by atoms with Crippen molar-refractivity contribution in [2.45, 2.75) is 6.92 Å². The van der Waals surface area contributed by atoms with Gasteiger partial charge in [-0.15, -0.1) is 11.3 Å². The molecule has 0 saturated heterocycles. The summed E-state index contributed by atoms with van der Waals surface area (Å²) in [7, 11) is 0. The van der Waals surface area contributed by atoms with E-state index in [1.165, 1.54) is 11.3 Å². The van der Waals surface area contributed by atoms with Crippen molar-refractivity contribution in [2.24, 2.45) is 0 Å². The SMILES string of the molecule is CCOc1ccc(-c2ccc(-c3nc(-c4ccc(Cl)c(Cl)c4)cs3)cc2OC(=O)O)c(Cl)c1. The van der Waals surface area contributed by atoms with E-state index in [9.17, 15) is 9.90 Å². The monoisotopic (exact) mass is 519 g/mol. The molecule has 33 heavy (non-hydrogen) atoms. The summed E-state index contributed by atoms with van der Waals surface area (Å²) in [6.07, 6.45) is -1.42. The van der Waals surface area contributed by atoms with Gasteiger partial charge in [0.25, 0.3) is 0 Å². The molecule has 5 nitrogen and oxygen atoms in total. The van der Waals surface area contributed by atoms with Gasteiger partial charge in [-0.05, 0) is 49.4 Å². The molecule has 168 valence electrons. The maximum absolute atomic E-state index is 11.4. The van der Waals surface area contributed by atoms with E-state index in [0.717, 1.165) is 11.3 Å². The lowest BCUT2D eigenvalue weighted by Gasteiger charge is -2.12. The first-order chi connectivity index (χ1) is 15.9. The van der Waals surface area contributed by atoms with E-state index in [0.29, 0.717) is 49.1 Å². The Morgan fingerprint density at radius 1 is 0.939 bits per heavy atom. The first-order valence-electron chi connectivity index (χ1n) is 9.74. The van der Waals surface area contributed by atoms with Crippen LogP contribution in [0.5, 0.6) is 11.5 Å². The van der Waals surface area contributed by atoms with Crippen LogP contribution < -0.4 is 9.47 Å². The molecule has 0 atom stereocenters. The van der Waals surface area contributed by atoms with Crippen LogP contribution >= 0.6 is 46.1 Å². The summed E-state index contributed by atoms with van der Waals surface area (Å²) in [5, 5.41) is 13.2. The molecule has 0 saturated carbocycles. The third kappa shape index (κ3) is 5.25. The number of benzene rings is 3. The Labute approximate surface area is 209 Å². The zero-order valence-corrected chi connectivity index (χ0v) is 20.2. The van der Waals surface area contributed by atoms with Crippen molar-refractivity contribution in [1.29, 1.82) is 0 Å². The fourth-order valence-corrected chi connectivity index (χ4v) is 4.62. The Morgan fingerprint density at radius 2 is 1.70 bits per heavy atom. The van der Waals surface area contributed by atoms with Crippen molar-refractivity contribution in [3.8, 4) is 44.5 Å². The normalized spacial score (nSPS) is 10.8. The van der Waals surface area contributed by atoms with Gasteiger partial charge in [0.2, 0.25) is 0 Å². The quantitative estimate of drug-likeness (QED) is 0.204. The third-order valence-corrected chi connectivity index (χ3v) is 6.63. The summed E-state index contributed by atoms with van der Waals surface area (Å²) in [5.74, 6) is 0.776. The number of rotatable bonds is 6. The van der Waals surface area contributed by atoms with Crippen molar-refractivity contribution in [2.75, 3.05) is 6.61 Å². The molecule has 0 aliphatic carbocycles. The molecular weight excluding hydrogens is 505 g/mol. The second kappa shape index (κ2) is 10.0. The molecule has 0 fully saturated rings. The number of nitrogens with zero attached hydrogens (tertiary/aromatic N) is 1. The van der Waals surface area contributed by atoms with Gasteiger partial charge in [0, 0.05) is 27.6 Å². The van der Waals surface area contributed by atoms with Crippen LogP contribution in [0.2, 0.25) is 15.1 Å². The Kier molecular flexibility index (Phi) is 7.10. The van der Waals surface area contributed by atoms with Crippen molar-refractivity contribution in [3.63, 3.8) is 0 Å².